The number of aliphatic hydroxyl groups is 1. The molecule has 0 aliphatic rings. The Kier molecular flexibility index (Phi) is 5.95. The van der Waals surface area contributed by atoms with Gasteiger partial charge in [-0.3, -0.25) is 4.90 Å². The first-order valence-electron chi connectivity index (χ1n) is 5.94. The molecule has 0 unspecified atom stereocenters. The minimum atomic E-state index is 0.231. The normalized spacial score (nSPS) is 11.4. The van der Waals surface area contributed by atoms with Crippen molar-refractivity contribution < 1.29 is 5.11 Å². The highest BCUT2D eigenvalue weighted by atomic mass is 79.9. The lowest BCUT2D eigenvalue weighted by atomic mass is 10.1. The fourth-order valence-corrected chi connectivity index (χ4v) is 2.25. The number of anilines is 1. The molecule has 0 saturated carbocycles. The fourth-order valence-electron chi connectivity index (χ4n) is 1.74. The molecule has 3 N–H and O–H groups in total. The molecular formula is C13H21BrN2O. The number of benzene rings is 1. The molecule has 4 heteroatoms. The van der Waals surface area contributed by atoms with Crippen LogP contribution in [0.3, 0.4) is 0 Å². The molecule has 0 saturated heterocycles. The third-order valence-electron chi connectivity index (χ3n) is 2.85. The molecule has 0 aromatic heterocycles. The highest BCUT2D eigenvalue weighted by molar-refractivity contribution is 9.10. The van der Waals surface area contributed by atoms with Gasteiger partial charge in [0.1, 0.15) is 0 Å². The van der Waals surface area contributed by atoms with Crippen molar-refractivity contribution in [3.8, 4) is 0 Å². The molecule has 0 fully saturated rings. The topological polar surface area (TPSA) is 49.5 Å². The van der Waals surface area contributed by atoms with E-state index in [9.17, 15) is 0 Å². The Morgan fingerprint density at radius 2 is 2.12 bits per heavy atom. The van der Waals surface area contributed by atoms with Crippen LogP contribution < -0.4 is 5.73 Å². The van der Waals surface area contributed by atoms with E-state index in [-0.39, 0.29) is 6.61 Å². The third-order valence-corrected chi connectivity index (χ3v) is 3.59. The second kappa shape index (κ2) is 6.99. The quantitative estimate of drug-likeness (QED) is 0.794. The van der Waals surface area contributed by atoms with E-state index in [1.807, 2.05) is 18.2 Å². The van der Waals surface area contributed by atoms with E-state index in [1.54, 1.807) is 0 Å². The van der Waals surface area contributed by atoms with Gasteiger partial charge in [0.15, 0.2) is 0 Å². The lowest BCUT2D eigenvalue weighted by Crippen LogP contribution is -2.32. The second-order valence-electron chi connectivity index (χ2n) is 4.45. The SMILES string of the molecule is CC(C)N(CCCO)Cc1c(N)cccc1Br. The van der Waals surface area contributed by atoms with Gasteiger partial charge in [-0.15, -0.1) is 0 Å². The number of hydrogen-bond donors (Lipinski definition) is 2. The van der Waals surface area contributed by atoms with Crippen LogP contribution in [0, 0.1) is 0 Å². The van der Waals surface area contributed by atoms with Crippen molar-refractivity contribution in [2.75, 3.05) is 18.9 Å². The van der Waals surface area contributed by atoms with Crippen LogP contribution in [0.1, 0.15) is 25.8 Å². The van der Waals surface area contributed by atoms with Crippen molar-refractivity contribution in [1.82, 2.24) is 4.90 Å². The maximum absolute atomic E-state index is 8.91. The van der Waals surface area contributed by atoms with Gasteiger partial charge in [0.25, 0.3) is 0 Å². The van der Waals surface area contributed by atoms with Gasteiger partial charge < -0.3 is 10.8 Å². The fraction of sp³-hybridized carbons (Fsp3) is 0.538. The summed E-state index contributed by atoms with van der Waals surface area (Å²) < 4.78 is 1.05. The first kappa shape index (κ1) is 14.5. The molecular weight excluding hydrogens is 280 g/mol. The Morgan fingerprint density at radius 3 is 2.65 bits per heavy atom. The van der Waals surface area contributed by atoms with Crippen LogP contribution in [-0.2, 0) is 6.54 Å². The van der Waals surface area contributed by atoms with Gasteiger partial charge in [-0.2, -0.15) is 0 Å². The molecule has 0 aliphatic heterocycles. The monoisotopic (exact) mass is 300 g/mol. The molecule has 0 atom stereocenters. The van der Waals surface area contributed by atoms with Crippen molar-refractivity contribution >= 4 is 21.6 Å². The van der Waals surface area contributed by atoms with Crippen LogP contribution in [0.25, 0.3) is 0 Å². The van der Waals surface area contributed by atoms with E-state index in [0.29, 0.717) is 6.04 Å². The Hall–Kier alpha value is -0.580. The lowest BCUT2D eigenvalue weighted by molar-refractivity contribution is 0.185. The van der Waals surface area contributed by atoms with Gasteiger partial charge in [0.05, 0.1) is 0 Å². The van der Waals surface area contributed by atoms with Crippen LogP contribution in [0.2, 0.25) is 0 Å². The predicted molar refractivity (Wildman–Crippen MR) is 75.8 cm³/mol. The highest BCUT2D eigenvalue weighted by Crippen LogP contribution is 2.24. The molecule has 0 amide bonds. The van der Waals surface area contributed by atoms with Gasteiger partial charge in [0, 0.05) is 41.5 Å². The summed E-state index contributed by atoms with van der Waals surface area (Å²) in [7, 11) is 0. The number of nitrogens with zero attached hydrogens (tertiary/aromatic N) is 1. The first-order valence-corrected chi connectivity index (χ1v) is 6.73. The van der Waals surface area contributed by atoms with Crippen LogP contribution >= 0.6 is 15.9 Å². The Labute approximate surface area is 112 Å². The molecule has 0 spiro atoms. The van der Waals surface area contributed by atoms with Crippen LogP contribution in [0.5, 0.6) is 0 Å². The van der Waals surface area contributed by atoms with Crippen LogP contribution in [0.15, 0.2) is 22.7 Å². The highest BCUT2D eigenvalue weighted by Gasteiger charge is 2.13. The van der Waals surface area contributed by atoms with E-state index in [4.69, 9.17) is 10.8 Å². The maximum atomic E-state index is 8.91. The van der Waals surface area contributed by atoms with Crippen molar-refractivity contribution in [1.29, 1.82) is 0 Å². The van der Waals surface area contributed by atoms with E-state index < -0.39 is 0 Å². The molecule has 1 rings (SSSR count). The first-order chi connectivity index (χ1) is 8.06. The Bertz CT molecular complexity index is 335. The molecule has 1 aromatic rings. The Morgan fingerprint density at radius 1 is 1.41 bits per heavy atom. The maximum Gasteiger partial charge on any atom is 0.0443 e. The van der Waals surface area contributed by atoms with Gasteiger partial charge in [-0.05, 0) is 32.4 Å². The standard InChI is InChI=1S/C13H21BrN2O/c1-10(2)16(7-4-8-17)9-11-12(14)5-3-6-13(11)15/h3,5-6,10,17H,4,7-9,15H2,1-2H3. The Balaban J connectivity index is 2.78. The van der Waals surface area contributed by atoms with E-state index >= 15 is 0 Å². The van der Waals surface area contributed by atoms with Crippen molar-refractivity contribution in [2.45, 2.75) is 32.9 Å². The number of rotatable bonds is 6. The van der Waals surface area contributed by atoms with E-state index in [1.165, 1.54) is 0 Å². The average Bonchev–Trinajstić information content (AvgIpc) is 2.27. The average molecular weight is 301 g/mol. The predicted octanol–water partition coefficient (Wildman–Crippen LogP) is 2.62. The van der Waals surface area contributed by atoms with Crippen molar-refractivity contribution in [3.63, 3.8) is 0 Å². The summed E-state index contributed by atoms with van der Waals surface area (Å²) in [5.41, 5.74) is 7.93. The summed E-state index contributed by atoms with van der Waals surface area (Å²) >= 11 is 3.54. The van der Waals surface area contributed by atoms with Crippen molar-refractivity contribution in [3.05, 3.63) is 28.2 Å². The summed E-state index contributed by atoms with van der Waals surface area (Å²) in [6.07, 6.45) is 0.794. The molecule has 0 radical (unpaired) electrons. The molecule has 96 valence electrons. The lowest BCUT2D eigenvalue weighted by Gasteiger charge is -2.27. The largest absolute Gasteiger partial charge is 0.398 e. The van der Waals surface area contributed by atoms with Gasteiger partial charge in [-0.1, -0.05) is 22.0 Å². The zero-order chi connectivity index (χ0) is 12.8. The zero-order valence-corrected chi connectivity index (χ0v) is 12.1. The van der Waals surface area contributed by atoms with E-state index in [2.05, 4.69) is 34.7 Å². The number of aliphatic hydroxyl groups excluding tert-OH is 1. The van der Waals surface area contributed by atoms with Crippen LogP contribution in [0.4, 0.5) is 5.69 Å². The number of nitrogens with two attached hydrogens (primary N) is 1. The second-order valence-corrected chi connectivity index (χ2v) is 5.30. The molecule has 3 nitrogen and oxygen atoms in total. The molecule has 0 aliphatic carbocycles. The summed E-state index contributed by atoms with van der Waals surface area (Å²) in [5.74, 6) is 0. The van der Waals surface area contributed by atoms with Crippen LogP contribution in [-0.4, -0.2) is 29.2 Å². The summed E-state index contributed by atoms with van der Waals surface area (Å²) in [4.78, 5) is 2.31. The molecule has 0 heterocycles. The summed E-state index contributed by atoms with van der Waals surface area (Å²) in [6, 6.07) is 6.31. The minimum Gasteiger partial charge on any atom is -0.398 e. The summed E-state index contributed by atoms with van der Waals surface area (Å²) in [6.45, 7) is 6.24. The number of halogens is 1. The zero-order valence-electron chi connectivity index (χ0n) is 10.5. The summed E-state index contributed by atoms with van der Waals surface area (Å²) in [5, 5.41) is 8.91. The number of hydrogen-bond acceptors (Lipinski definition) is 3. The molecule has 17 heavy (non-hydrogen) atoms. The smallest absolute Gasteiger partial charge is 0.0443 e. The van der Waals surface area contributed by atoms with Gasteiger partial charge in [-0.25, -0.2) is 0 Å². The van der Waals surface area contributed by atoms with Gasteiger partial charge >= 0.3 is 0 Å². The molecule has 1 aromatic carbocycles. The molecule has 0 bridgehead atoms. The minimum absolute atomic E-state index is 0.231. The number of nitrogen functional groups attached to an aromatic ring is 1. The van der Waals surface area contributed by atoms with Gasteiger partial charge in [0.2, 0.25) is 0 Å². The van der Waals surface area contributed by atoms with E-state index in [0.717, 1.165) is 35.2 Å². The third kappa shape index (κ3) is 4.30. The van der Waals surface area contributed by atoms with Crippen molar-refractivity contribution in [2.24, 2.45) is 0 Å².